The van der Waals surface area contributed by atoms with E-state index in [1.807, 2.05) is 0 Å². The summed E-state index contributed by atoms with van der Waals surface area (Å²) in [5.74, 6) is -2.01. The summed E-state index contributed by atoms with van der Waals surface area (Å²) in [4.78, 5) is 24.7. The fourth-order valence-electron chi connectivity index (χ4n) is 1.10. The van der Waals surface area contributed by atoms with Crippen LogP contribution in [0.15, 0.2) is 18.3 Å². The summed E-state index contributed by atoms with van der Waals surface area (Å²) in [6.07, 6.45) is 1.00. The van der Waals surface area contributed by atoms with Crippen LogP contribution in [0.2, 0.25) is 0 Å². The highest BCUT2D eigenvalue weighted by Crippen LogP contribution is 2.07. The van der Waals surface area contributed by atoms with Crippen LogP contribution >= 0.6 is 0 Å². The molecule has 0 saturated carbocycles. The molecule has 5 heteroatoms. The Balaban J connectivity index is 2.90. The Morgan fingerprint density at radius 3 is 2.43 bits per heavy atom. The lowest BCUT2D eigenvalue weighted by atomic mass is 10.1. The Labute approximate surface area is 80.0 Å². The maximum atomic E-state index is 10.4. The van der Waals surface area contributed by atoms with Crippen molar-refractivity contribution in [3.63, 3.8) is 0 Å². The molecule has 1 aromatic rings. The monoisotopic (exact) mass is 195 g/mol. The minimum absolute atomic E-state index is 0.198. The summed E-state index contributed by atoms with van der Waals surface area (Å²) in [5, 5.41) is 17.1. The van der Waals surface area contributed by atoms with E-state index in [1.54, 1.807) is 12.1 Å². The van der Waals surface area contributed by atoms with Crippen molar-refractivity contribution in [2.24, 2.45) is 0 Å². The molecule has 5 nitrogen and oxygen atoms in total. The molecule has 0 aromatic carbocycles. The Bertz CT molecular complexity index is 327. The van der Waals surface area contributed by atoms with Crippen LogP contribution in [0.25, 0.3) is 0 Å². The van der Waals surface area contributed by atoms with Crippen LogP contribution < -0.4 is 0 Å². The van der Waals surface area contributed by atoms with Crippen molar-refractivity contribution in [1.29, 1.82) is 0 Å². The van der Waals surface area contributed by atoms with Gasteiger partial charge in [0.25, 0.3) is 0 Å². The first-order chi connectivity index (χ1) is 6.59. The molecule has 0 atom stereocenters. The molecule has 0 unspecified atom stereocenters. The summed E-state index contributed by atoms with van der Waals surface area (Å²) in [5.41, 5.74) is 0.754. The van der Waals surface area contributed by atoms with Gasteiger partial charge in [-0.2, -0.15) is 0 Å². The summed E-state index contributed by atoms with van der Waals surface area (Å²) >= 11 is 0. The molecule has 0 aliphatic heterocycles. The number of rotatable bonds is 4. The van der Waals surface area contributed by atoms with Gasteiger partial charge in [-0.15, -0.1) is 0 Å². The average Bonchev–Trinajstić information content (AvgIpc) is 2.06. The number of pyridine rings is 1. The number of hydrogen-bond donors (Lipinski definition) is 2. The molecule has 0 fully saturated rings. The van der Waals surface area contributed by atoms with Gasteiger partial charge in [0.05, 0.1) is 18.5 Å². The predicted octanol–water partition coefficient (Wildman–Crippen LogP) is 0.336. The molecule has 0 radical (unpaired) electrons. The van der Waals surface area contributed by atoms with E-state index in [4.69, 9.17) is 10.2 Å². The van der Waals surface area contributed by atoms with Gasteiger partial charge in [-0.3, -0.25) is 14.6 Å². The number of aromatic nitrogens is 1. The van der Waals surface area contributed by atoms with E-state index in [2.05, 4.69) is 4.98 Å². The van der Waals surface area contributed by atoms with Gasteiger partial charge < -0.3 is 10.2 Å². The van der Waals surface area contributed by atoms with Crippen LogP contribution in [-0.2, 0) is 22.4 Å². The van der Waals surface area contributed by atoms with Crippen molar-refractivity contribution in [1.82, 2.24) is 4.98 Å². The highest BCUT2D eigenvalue weighted by atomic mass is 16.4. The zero-order valence-electron chi connectivity index (χ0n) is 7.30. The Morgan fingerprint density at radius 2 is 1.86 bits per heavy atom. The van der Waals surface area contributed by atoms with Crippen LogP contribution in [0.5, 0.6) is 0 Å². The smallest absolute Gasteiger partial charge is 0.309 e. The number of carbonyl (C=O) groups is 2. The van der Waals surface area contributed by atoms with Gasteiger partial charge in [0.2, 0.25) is 0 Å². The quantitative estimate of drug-likeness (QED) is 0.723. The highest BCUT2D eigenvalue weighted by molar-refractivity contribution is 5.73. The summed E-state index contributed by atoms with van der Waals surface area (Å²) in [6, 6.07) is 3.16. The molecule has 1 rings (SSSR count). The number of aliphatic carboxylic acids is 2. The summed E-state index contributed by atoms with van der Waals surface area (Å²) in [7, 11) is 0. The molecule has 0 spiro atoms. The molecule has 0 amide bonds. The summed E-state index contributed by atoms with van der Waals surface area (Å²) in [6.45, 7) is 0. The first-order valence-electron chi connectivity index (χ1n) is 3.96. The third-order valence-corrected chi connectivity index (χ3v) is 1.64. The van der Waals surface area contributed by atoms with E-state index >= 15 is 0 Å². The second-order valence-corrected chi connectivity index (χ2v) is 2.75. The normalized spacial score (nSPS) is 9.71. The van der Waals surface area contributed by atoms with Gasteiger partial charge in [-0.1, -0.05) is 6.07 Å². The first-order valence-corrected chi connectivity index (χ1v) is 3.96. The third-order valence-electron chi connectivity index (χ3n) is 1.64. The Kier molecular flexibility index (Phi) is 3.17. The molecule has 2 N–H and O–H groups in total. The van der Waals surface area contributed by atoms with E-state index in [9.17, 15) is 9.59 Å². The molecule has 0 bridgehead atoms. The fourth-order valence-corrected chi connectivity index (χ4v) is 1.10. The van der Waals surface area contributed by atoms with Crippen molar-refractivity contribution >= 4 is 11.9 Å². The molecule has 1 aromatic heterocycles. The van der Waals surface area contributed by atoms with Crippen LogP contribution in [0.1, 0.15) is 11.3 Å². The SMILES string of the molecule is O=C(O)Cc1cccnc1CC(=O)O. The van der Waals surface area contributed by atoms with Gasteiger partial charge in [0, 0.05) is 6.20 Å². The van der Waals surface area contributed by atoms with Crippen molar-refractivity contribution < 1.29 is 19.8 Å². The standard InChI is InChI=1S/C9H9NO4/c11-8(12)4-6-2-1-3-10-7(6)5-9(13)14/h1-3H,4-5H2,(H,11,12)(H,13,14). The molecule has 1 heterocycles. The molecule has 14 heavy (non-hydrogen) atoms. The Morgan fingerprint density at radius 1 is 1.21 bits per heavy atom. The van der Waals surface area contributed by atoms with Crippen molar-refractivity contribution in [2.75, 3.05) is 0 Å². The second-order valence-electron chi connectivity index (χ2n) is 2.75. The van der Waals surface area contributed by atoms with Crippen LogP contribution in [-0.4, -0.2) is 27.1 Å². The molecule has 74 valence electrons. The molecule has 0 saturated heterocycles. The minimum Gasteiger partial charge on any atom is -0.481 e. The molecular formula is C9H9NO4. The second kappa shape index (κ2) is 4.36. The van der Waals surface area contributed by atoms with Gasteiger partial charge in [0.1, 0.15) is 0 Å². The fraction of sp³-hybridized carbons (Fsp3) is 0.222. The van der Waals surface area contributed by atoms with Gasteiger partial charge in [-0.05, 0) is 11.6 Å². The summed E-state index contributed by atoms with van der Waals surface area (Å²) < 4.78 is 0. The van der Waals surface area contributed by atoms with Crippen LogP contribution in [0.4, 0.5) is 0 Å². The lowest BCUT2D eigenvalue weighted by molar-refractivity contribution is -0.137. The molecule has 0 aliphatic rings. The number of hydrogen-bond acceptors (Lipinski definition) is 3. The number of carboxylic acid groups (broad SMARTS) is 2. The molecular weight excluding hydrogens is 186 g/mol. The Hall–Kier alpha value is -1.91. The van der Waals surface area contributed by atoms with Crippen LogP contribution in [0.3, 0.4) is 0 Å². The average molecular weight is 195 g/mol. The van der Waals surface area contributed by atoms with Crippen molar-refractivity contribution in [3.8, 4) is 0 Å². The lowest BCUT2D eigenvalue weighted by Crippen LogP contribution is -2.09. The topological polar surface area (TPSA) is 87.5 Å². The van der Waals surface area contributed by atoms with Crippen LogP contribution in [0, 0.1) is 0 Å². The van der Waals surface area contributed by atoms with Crippen molar-refractivity contribution in [3.05, 3.63) is 29.6 Å². The van der Waals surface area contributed by atoms with E-state index in [0.717, 1.165) is 0 Å². The van der Waals surface area contributed by atoms with Gasteiger partial charge in [0.15, 0.2) is 0 Å². The number of carboxylic acids is 2. The molecule has 0 aliphatic carbocycles. The van der Waals surface area contributed by atoms with E-state index < -0.39 is 11.9 Å². The lowest BCUT2D eigenvalue weighted by Gasteiger charge is -2.02. The van der Waals surface area contributed by atoms with E-state index in [0.29, 0.717) is 11.3 Å². The highest BCUT2D eigenvalue weighted by Gasteiger charge is 2.10. The third kappa shape index (κ3) is 2.85. The van der Waals surface area contributed by atoms with E-state index in [1.165, 1.54) is 6.20 Å². The number of nitrogens with zero attached hydrogens (tertiary/aromatic N) is 1. The maximum Gasteiger partial charge on any atom is 0.309 e. The minimum atomic E-state index is -1.02. The first kappa shape index (κ1) is 10.2. The maximum absolute atomic E-state index is 10.4. The van der Waals surface area contributed by atoms with E-state index in [-0.39, 0.29) is 12.8 Å². The van der Waals surface area contributed by atoms with Gasteiger partial charge in [-0.25, -0.2) is 0 Å². The predicted molar refractivity (Wildman–Crippen MR) is 46.9 cm³/mol. The van der Waals surface area contributed by atoms with Crippen molar-refractivity contribution in [2.45, 2.75) is 12.8 Å². The zero-order valence-corrected chi connectivity index (χ0v) is 7.30. The zero-order chi connectivity index (χ0) is 10.6. The van der Waals surface area contributed by atoms with Gasteiger partial charge >= 0.3 is 11.9 Å². The largest absolute Gasteiger partial charge is 0.481 e.